The van der Waals surface area contributed by atoms with Crippen LogP contribution in [0.2, 0.25) is 0 Å². The van der Waals surface area contributed by atoms with Crippen LogP contribution >= 0.6 is 0 Å². The van der Waals surface area contributed by atoms with E-state index in [-0.39, 0.29) is 10.9 Å². The first kappa shape index (κ1) is 13.7. The van der Waals surface area contributed by atoms with Gasteiger partial charge in [-0.25, -0.2) is 13.1 Å². The molecule has 0 unspecified atom stereocenters. The third-order valence-corrected chi connectivity index (χ3v) is 4.93. The van der Waals surface area contributed by atoms with E-state index in [1.165, 1.54) is 6.07 Å². The van der Waals surface area contributed by atoms with Gasteiger partial charge in [-0.3, -0.25) is 0 Å². The van der Waals surface area contributed by atoms with Gasteiger partial charge in [-0.05, 0) is 25.1 Å². The first-order valence-corrected chi connectivity index (χ1v) is 8.26. The summed E-state index contributed by atoms with van der Waals surface area (Å²) < 4.78 is 38.4. The van der Waals surface area contributed by atoms with Gasteiger partial charge in [0.1, 0.15) is 0 Å². The lowest BCUT2D eigenvalue weighted by atomic mass is 10.3. The molecule has 110 valence electrons. The van der Waals surface area contributed by atoms with Gasteiger partial charge in [-0.15, -0.1) is 0 Å². The van der Waals surface area contributed by atoms with E-state index < -0.39 is 10.0 Å². The minimum atomic E-state index is -3.51. The molecule has 1 fully saturated rings. The fourth-order valence-corrected chi connectivity index (χ4v) is 3.64. The second-order valence-corrected chi connectivity index (χ2v) is 6.68. The van der Waals surface area contributed by atoms with Crippen molar-refractivity contribution in [2.45, 2.75) is 23.8 Å². The van der Waals surface area contributed by atoms with Crippen molar-refractivity contribution in [3.8, 4) is 11.5 Å². The molecule has 20 heavy (non-hydrogen) atoms. The number of benzene rings is 1. The van der Waals surface area contributed by atoms with E-state index in [1.807, 2.05) is 0 Å². The van der Waals surface area contributed by atoms with Gasteiger partial charge in [0.2, 0.25) is 10.0 Å². The van der Waals surface area contributed by atoms with Crippen molar-refractivity contribution in [1.82, 2.24) is 10.0 Å². The molecule has 0 aliphatic carbocycles. The van der Waals surface area contributed by atoms with Crippen LogP contribution in [0.25, 0.3) is 0 Å². The summed E-state index contributed by atoms with van der Waals surface area (Å²) in [5.74, 6) is 1.10. The molecule has 2 aliphatic rings. The quantitative estimate of drug-likeness (QED) is 0.849. The number of ether oxygens (including phenoxy) is 2. The summed E-state index contributed by atoms with van der Waals surface area (Å²) in [6.45, 7) is 2.64. The molecule has 0 radical (unpaired) electrons. The molecule has 2 N–H and O–H groups in total. The van der Waals surface area contributed by atoms with Gasteiger partial charge in [-0.2, -0.15) is 0 Å². The summed E-state index contributed by atoms with van der Waals surface area (Å²) in [5.41, 5.74) is 0. The smallest absolute Gasteiger partial charge is 0.241 e. The third-order valence-electron chi connectivity index (χ3n) is 3.41. The summed E-state index contributed by atoms with van der Waals surface area (Å²) in [7, 11) is -3.51. The summed E-state index contributed by atoms with van der Waals surface area (Å²) in [6.07, 6.45) is 1.60. The molecule has 1 aromatic carbocycles. The molecule has 0 spiro atoms. The molecule has 0 aromatic heterocycles. The molecule has 3 rings (SSSR count). The summed E-state index contributed by atoms with van der Waals surface area (Å²) >= 11 is 0. The largest absolute Gasteiger partial charge is 0.490 e. The predicted octanol–water partition coefficient (Wildman–Crippen LogP) is 0.488. The number of fused-ring (bicyclic) bond motifs is 1. The zero-order chi connectivity index (χ0) is 14.0. The van der Waals surface area contributed by atoms with Crippen molar-refractivity contribution in [2.75, 3.05) is 26.3 Å². The summed E-state index contributed by atoms with van der Waals surface area (Å²) in [4.78, 5) is 0.216. The first-order valence-electron chi connectivity index (χ1n) is 6.78. The average molecular weight is 298 g/mol. The Balaban J connectivity index is 1.83. The maximum atomic E-state index is 12.3. The van der Waals surface area contributed by atoms with Crippen molar-refractivity contribution >= 4 is 10.0 Å². The van der Waals surface area contributed by atoms with E-state index in [0.717, 1.165) is 19.4 Å². The fourth-order valence-electron chi connectivity index (χ4n) is 2.35. The van der Waals surface area contributed by atoms with Crippen LogP contribution in [-0.2, 0) is 10.0 Å². The van der Waals surface area contributed by atoms with Gasteiger partial charge >= 0.3 is 0 Å². The Labute approximate surface area is 118 Å². The average Bonchev–Trinajstić information content (AvgIpc) is 2.80. The lowest BCUT2D eigenvalue weighted by molar-refractivity contribution is 0.297. The molecule has 1 atom stereocenters. The molecule has 0 bridgehead atoms. The Morgan fingerprint density at radius 1 is 1.20 bits per heavy atom. The van der Waals surface area contributed by atoms with Gasteiger partial charge in [0.15, 0.2) is 11.5 Å². The number of sulfonamides is 1. The van der Waals surface area contributed by atoms with Crippen LogP contribution in [0.1, 0.15) is 12.8 Å². The third kappa shape index (κ3) is 2.89. The second kappa shape index (κ2) is 5.59. The van der Waals surface area contributed by atoms with E-state index in [2.05, 4.69) is 10.0 Å². The maximum Gasteiger partial charge on any atom is 0.241 e. The lowest BCUT2D eigenvalue weighted by Gasteiger charge is -2.13. The second-order valence-electron chi connectivity index (χ2n) is 4.97. The van der Waals surface area contributed by atoms with E-state index in [4.69, 9.17) is 9.47 Å². The van der Waals surface area contributed by atoms with Gasteiger partial charge in [0, 0.05) is 25.1 Å². The van der Waals surface area contributed by atoms with Gasteiger partial charge in [0.25, 0.3) is 0 Å². The van der Waals surface area contributed by atoms with Crippen molar-refractivity contribution < 1.29 is 17.9 Å². The molecular weight excluding hydrogens is 280 g/mol. The Kier molecular flexibility index (Phi) is 3.82. The normalized spacial score (nSPS) is 22.5. The van der Waals surface area contributed by atoms with Crippen LogP contribution in [0.5, 0.6) is 11.5 Å². The molecule has 1 aromatic rings. The highest BCUT2D eigenvalue weighted by Crippen LogP contribution is 2.31. The number of nitrogens with one attached hydrogen (secondary N) is 2. The highest BCUT2D eigenvalue weighted by molar-refractivity contribution is 7.89. The standard InChI is InChI=1S/C13H18N2O4S/c16-20(17,15-10-4-5-14-9-10)11-2-3-12-13(8-11)19-7-1-6-18-12/h2-3,8,10,14-15H,1,4-7,9H2/t10-/m0/s1. The van der Waals surface area contributed by atoms with Crippen LogP contribution in [-0.4, -0.2) is 40.8 Å². The zero-order valence-corrected chi connectivity index (χ0v) is 11.9. The maximum absolute atomic E-state index is 12.3. The van der Waals surface area contributed by atoms with Crippen LogP contribution in [0.4, 0.5) is 0 Å². The Morgan fingerprint density at radius 3 is 2.75 bits per heavy atom. The zero-order valence-electron chi connectivity index (χ0n) is 11.1. The SMILES string of the molecule is O=S(=O)(N[C@H]1CCNC1)c1ccc2c(c1)OCCCO2. The molecule has 7 heteroatoms. The van der Waals surface area contributed by atoms with Crippen molar-refractivity contribution in [1.29, 1.82) is 0 Å². The molecule has 2 aliphatic heterocycles. The fraction of sp³-hybridized carbons (Fsp3) is 0.538. The topological polar surface area (TPSA) is 76.7 Å². The highest BCUT2D eigenvalue weighted by Gasteiger charge is 2.24. The summed E-state index contributed by atoms with van der Waals surface area (Å²) in [5, 5.41) is 3.13. The van der Waals surface area contributed by atoms with Crippen LogP contribution in [0.3, 0.4) is 0 Å². The molecule has 6 nitrogen and oxygen atoms in total. The number of hydrogen-bond donors (Lipinski definition) is 2. The van der Waals surface area contributed by atoms with Crippen molar-refractivity contribution in [3.05, 3.63) is 18.2 Å². The van der Waals surface area contributed by atoms with E-state index in [9.17, 15) is 8.42 Å². The van der Waals surface area contributed by atoms with Gasteiger partial charge in [0.05, 0.1) is 18.1 Å². The predicted molar refractivity (Wildman–Crippen MR) is 73.6 cm³/mol. The van der Waals surface area contributed by atoms with Crippen LogP contribution < -0.4 is 19.5 Å². The van der Waals surface area contributed by atoms with E-state index >= 15 is 0 Å². The molecule has 0 saturated carbocycles. The minimum Gasteiger partial charge on any atom is -0.490 e. The Morgan fingerprint density at radius 2 is 2.00 bits per heavy atom. The van der Waals surface area contributed by atoms with Crippen LogP contribution in [0.15, 0.2) is 23.1 Å². The molecule has 0 amide bonds. The van der Waals surface area contributed by atoms with Gasteiger partial charge < -0.3 is 14.8 Å². The van der Waals surface area contributed by atoms with E-state index in [0.29, 0.717) is 31.3 Å². The van der Waals surface area contributed by atoms with Crippen molar-refractivity contribution in [3.63, 3.8) is 0 Å². The Bertz CT molecular complexity index is 582. The monoisotopic (exact) mass is 298 g/mol. The van der Waals surface area contributed by atoms with Crippen LogP contribution in [0, 0.1) is 0 Å². The summed E-state index contributed by atoms with van der Waals surface area (Å²) in [6, 6.07) is 4.70. The molecular formula is C13H18N2O4S. The lowest BCUT2D eigenvalue weighted by Crippen LogP contribution is -2.36. The minimum absolute atomic E-state index is 0.0454. The first-order chi connectivity index (χ1) is 9.65. The van der Waals surface area contributed by atoms with Crippen molar-refractivity contribution in [2.24, 2.45) is 0 Å². The molecule has 2 heterocycles. The van der Waals surface area contributed by atoms with Gasteiger partial charge in [-0.1, -0.05) is 0 Å². The number of hydrogen-bond acceptors (Lipinski definition) is 5. The molecule has 1 saturated heterocycles. The number of rotatable bonds is 3. The highest BCUT2D eigenvalue weighted by atomic mass is 32.2. The van der Waals surface area contributed by atoms with E-state index in [1.54, 1.807) is 12.1 Å². The Hall–Kier alpha value is -1.31.